The minimum absolute atomic E-state index is 0.0292. The van der Waals surface area contributed by atoms with Crippen molar-refractivity contribution in [3.63, 3.8) is 0 Å². The van der Waals surface area contributed by atoms with Gasteiger partial charge in [-0.15, -0.1) is 0 Å². The molecule has 0 spiro atoms. The van der Waals surface area contributed by atoms with Gasteiger partial charge in [-0.2, -0.15) is 0 Å². The first kappa shape index (κ1) is 25.3. The summed E-state index contributed by atoms with van der Waals surface area (Å²) in [5.74, 6) is 0. The van der Waals surface area contributed by atoms with Crippen molar-refractivity contribution in [2.45, 2.75) is 92.2 Å². The average molecular weight is 498 g/mol. The highest BCUT2D eigenvalue weighted by Gasteiger charge is 2.26. The molecule has 37 heavy (non-hydrogen) atoms. The van der Waals surface area contributed by atoms with Gasteiger partial charge in [0.2, 0.25) is 12.7 Å². The van der Waals surface area contributed by atoms with Crippen molar-refractivity contribution in [1.29, 1.82) is 0 Å². The molecule has 3 heterocycles. The number of benzene rings is 2. The minimum atomic E-state index is 0.0292. The number of hydrogen-bond acceptors (Lipinski definition) is 0. The van der Waals surface area contributed by atoms with Gasteiger partial charge in [0.25, 0.3) is 0 Å². The Hall–Kier alpha value is -3.34. The molecule has 5 rings (SSSR count). The van der Waals surface area contributed by atoms with Crippen LogP contribution in [0.1, 0.15) is 92.4 Å². The van der Waals surface area contributed by atoms with Crippen LogP contribution in [0.25, 0.3) is 33.2 Å². The van der Waals surface area contributed by atoms with E-state index in [1.807, 2.05) is 0 Å². The zero-order valence-electron chi connectivity index (χ0n) is 24.2. The SMILES string of the molecule is CC(C)[n+]1ccn(-c2cc(C(C)(C)C)cc3c2[nH]c2c(-n4cc[n+](C(C)C)c4)cc(C(C)(C)C)cc23)c1. The summed E-state index contributed by atoms with van der Waals surface area (Å²) in [5.41, 5.74) is 7.44. The van der Waals surface area contributed by atoms with Crippen molar-refractivity contribution in [3.8, 4) is 11.4 Å². The fourth-order valence-electron chi connectivity index (χ4n) is 4.97. The van der Waals surface area contributed by atoms with Crippen molar-refractivity contribution in [3.05, 3.63) is 72.8 Å². The molecule has 0 saturated carbocycles. The topological polar surface area (TPSA) is 33.4 Å². The first-order chi connectivity index (χ1) is 17.2. The molecule has 0 saturated heterocycles. The molecular weight excluding hydrogens is 454 g/mol. The van der Waals surface area contributed by atoms with E-state index in [-0.39, 0.29) is 10.8 Å². The van der Waals surface area contributed by atoms with Crippen LogP contribution in [-0.4, -0.2) is 14.1 Å². The van der Waals surface area contributed by atoms with Crippen LogP contribution in [0.3, 0.4) is 0 Å². The lowest BCUT2D eigenvalue weighted by Crippen LogP contribution is -2.33. The number of aromatic nitrogens is 5. The normalized spacial score (nSPS) is 13.1. The molecular formula is C32H43N5+2. The molecule has 3 aromatic heterocycles. The Morgan fingerprint density at radius 1 is 0.622 bits per heavy atom. The highest BCUT2D eigenvalue weighted by Crippen LogP contribution is 2.39. The molecule has 0 unspecified atom stereocenters. The van der Waals surface area contributed by atoms with Crippen LogP contribution in [0.5, 0.6) is 0 Å². The number of nitrogens with zero attached hydrogens (tertiary/aromatic N) is 4. The number of rotatable bonds is 4. The Kier molecular flexibility index (Phi) is 5.89. The van der Waals surface area contributed by atoms with Crippen LogP contribution in [0.4, 0.5) is 0 Å². The van der Waals surface area contributed by atoms with Gasteiger partial charge in [-0.05, 0) is 73.9 Å². The maximum Gasteiger partial charge on any atom is 0.249 e. The van der Waals surface area contributed by atoms with Crippen molar-refractivity contribution >= 4 is 21.8 Å². The summed E-state index contributed by atoms with van der Waals surface area (Å²) in [6.07, 6.45) is 13.1. The maximum absolute atomic E-state index is 3.89. The third kappa shape index (κ3) is 4.49. The molecule has 0 bridgehead atoms. The molecule has 0 aliphatic carbocycles. The van der Waals surface area contributed by atoms with Crippen LogP contribution in [0.15, 0.2) is 61.7 Å². The van der Waals surface area contributed by atoms with E-state index in [4.69, 9.17) is 0 Å². The summed E-state index contributed by atoms with van der Waals surface area (Å²) in [5, 5.41) is 2.55. The minimum Gasteiger partial charge on any atom is -0.348 e. The Morgan fingerprint density at radius 2 is 1.00 bits per heavy atom. The van der Waals surface area contributed by atoms with Gasteiger partial charge in [0, 0.05) is 10.8 Å². The molecule has 0 radical (unpaired) electrons. The smallest absolute Gasteiger partial charge is 0.249 e. The standard InChI is InChI=1S/C32H43N5/c1-21(2)34-11-13-36(19-34)27-17-23(31(5,6)7)15-25-26-16-24(32(8,9)10)18-28(30(26)33-29(25)27)37-14-12-35(20-37)22(3)4/h11-22,33H,1-10H3/q+2. The molecule has 0 amide bonds. The van der Waals surface area contributed by atoms with Gasteiger partial charge in [-0.25, -0.2) is 18.3 Å². The number of aromatic amines is 1. The molecule has 5 heteroatoms. The van der Waals surface area contributed by atoms with Crippen LogP contribution < -0.4 is 9.13 Å². The van der Waals surface area contributed by atoms with Crippen LogP contribution in [0.2, 0.25) is 0 Å². The lowest BCUT2D eigenvalue weighted by molar-refractivity contribution is -0.715. The Balaban J connectivity index is 1.89. The number of nitrogens with one attached hydrogen (secondary N) is 1. The molecule has 2 aromatic carbocycles. The van der Waals surface area contributed by atoms with Gasteiger partial charge in [0.15, 0.2) is 11.4 Å². The maximum atomic E-state index is 3.89. The van der Waals surface area contributed by atoms with Gasteiger partial charge >= 0.3 is 0 Å². The summed E-state index contributed by atoms with van der Waals surface area (Å²) in [7, 11) is 0. The zero-order chi connectivity index (χ0) is 26.9. The fourth-order valence-corrected chi connectivity index (χ4v) is 4.97. The largest absolute Gasteiger partial charge is 0.348 e. The molecule has 5 nitrogen and oxygen atoms in total. The van der Waals surface area contributed by atoms with E-state index in [0.29, 0.717) is 12.1 Å². The van der Waals surface area contributed by atoms with E-state index in [2.05, 4.69) is 154 Å². The van der Waals surface area contributed by atoms with Crippen molar-refractivity contribution in [1.82, 2.24) is 14.1 Å². The zero-order valence-corrected chi connectivity index (χ0v) is 24.2. The quantitative estimate of drug-likeness (QED) is 0.254. The average Bonchev–Trinajstić information content (AvgIpc) is 3.54. The van der Waals surface area contributed by atoms with Crippen molar-refractivity contribution < 1.29 is 9.13 Å². The summed E-state index contributed by atoms with van der Waals surface area (Å²) in [4.78, 5) is 3.89. The number of imidazole rings is 2. The second-order valence-corrected chi connectivity index (χ2v) is 13.2. The first-order valence-electron chi connectivity index (χ1n) is 13.6. The van der Waals surface area contributed by atoms with Crippen molar-refractivity contribution in [2.24, 2.45) is 0 Å². The first-order valence-corrected chi connectivity index (χ1v) is 13.6. The van der Waals surface area contributed by atoms with Gasteiger partial charge in [0.05, 0.1) is 23.1 Å². The van der Waals surface area contributed by atoms with E-state index in [9.17, 15) is 0 Å². The van der Waals surface area contributed by atoms with Crippen molar-refractivity contribution in [2.75, 3.05) is 0 Å². The molecule has 0 fully saturated rings. The second-order valence-electron chi connectivity index (χ2n) is 13.2. The Bertz CT molecular complexity index is 1470. The summed E-state index contributed by atoms with van der Waals surface area (Å²) in [6.45, 7) is 22.7. The lowest BCUT2D eigenvalue weighted by Gasteiger charge is -2.20. The predicted octanol–water partition coefficient (Wildman–Crippen LogP) is 7.23. The van der Waals surface area contributed by atoms with Crippen LogP contribution >= 0.6 is 0 Å². The highest BCUT2D eigenvalue weighted by molar-refractivity contribution is 6.12. The van der Waals surface area contributed by atoms with E-state index >= 15 is 0 Å². The Morgan fingerprint density at radius 3 is 1.30 bits per heavy atom. The summed E-state index contributed by atoms with van der Waals surface area (Å²) >= 11 is 0. The molecule has 0 aliphatic heterocycles. The Labute approximate surface area is 221 Å². The number of hydrogen-bond donors (Lipinski definition) is 1. The molecule has 0 aliphatic rings. The van der Waals surface area contributed by atoms with Gasteiger partial charge in [0.1, 0.15) is 24.8 Å². The van der Waals surface area contributed by atoms with E-state index in [1.54, 1.807) is 0 Å². The number of fused-ring (bicyclic) bond motifs is 3. The summed E-state index contributed by atoms with van der Waals surface area (Å²) in [6, 6.07) is 10.3. The van der Waals surface area contributed by atoms with Gasteiger partial charge < -0.3 is 4.98 Å². The molecule has 0 atom stereocenters. The monoisotopic (exact) mass is 497 g/mol. The highest BCUT2D eigenvalue weighted by atomic mass is 15.1. The van der Waals surface area contributed by atoms with E-state index in [1.165, 1.54) is 44.3 Å². The fraction of sp³-hybridized carbons (Fsp3) is 0.438. The molecule has 5 aromatic rings. The van der Waals surface area contributed by atoms with Gasteiger partial charge in [-0.1, -0.05) is 41.5 Å². The van der Waals surface area contributed by atoms with Gasteiger partial charge in [-0.3, -0.25) is 0 Å². The third-order valence-corrected chi connectivity index (χ3v) is 7.57. The van der Waals surface area contributed by atoms with Crippen LogP contribution in [0, 0.1) is 0 Å². The molecule has 1 N–H and O–H groups in total. The predicted molar refractivity (Wildman–Crippen MR) is 153 cm³/mol. The number of H-pyrrole nitrogens is 1. The third-order valence-electron chi connectivity index (χ3n) is 7.57. The summed E-state index contributed by atoms with van der Waals surface area (Å²) < 4.78 is 9.04. The lowest BCUT2D eigenvalue weighted by atomic mass is 9.84. The van der Waals surface area contributed by atoms with E-state index in [0.717, 1.165) is 0 Å². The second kappa shape index (κ2) is 8.61. The van der Waals surface area contributed by atoms with Crippen LogP contribution in [-0.2, 0) is 10.8 Å². The molecule has 194 valence electrons. The van der Waals surface area contributed by atoms with E-state index < -0.39 is 0 Å².